The van der Waals surface area contributed by atoms with E-state index in [9.17, 15) is 9.36 Å². The Morgan fingerprint density at radius 3 is 2.15 bits per heavy atom. The number of nitrogens with two attached hydrogens (primary N) is 1. The van der Waals surface area contributed by atoms with E-state index in [0.717, 1.165) is 6.08 Å². The lowest BCUT2D eigenvalue weighted by atomic mass is 10.6. The molecule has 0 aromatic carbocycles. The van der Waals surface area contributed by atoms with Crippen LogP contribution >= 0.6 is 7.60 Å². The predicted octanol–water partition coefficient (Wildman–Crippen LogP) is 0.662. The molecular formula is C7H14NO4P. The lowest BCUT2D eigenvalue weighted by molar-refractivity contribution is -0.113. The van der Waals surface area contributed by atoms with Crippen LogP contribution in [-0.4, -0.2) is 24.1 Å². The van der Waals surface area contributed by atoms with E-state index in [1.165, 1.54) is 13.2 Å². The molecule has 5 nitrogen and oxygen atoms in total. The molecule has 0 spiro atoms. The number of carbonyl (C=O) groups excluding carboxylic acids is 1. The first-order chi connectivity index (χ1) is 5.89. The van der Waals surface area contributed by atoms with Crippen molar-refractivity contribution in [1.82, 2.24) is 0 Å². The van der Waals surface area contributed by atoms with Crippen molar-refractivity contribution in [2.24, 2.45) is 5.73 Å². The number of hydrogen-bond acceptors (Lipinski definition) is 3. The summed E-state index contributed by atoms with van der Waals surface area (Å²) < 4.78 is 14.7. The maximum Gasteiger partial charge on any atom is 0.331 e. The fourth-order valence-electron chi connectivity index (χ4n) is 0.238. The molecule has 0 saturated carbocycles. The summed E-state index contributed by atoms with van der Waals surface area (Å²) >= 11 is 0. The van der Waals surface area contributed by atoms with Gasteiger partial charge >= 0.3 is 7.60 Å². The van der Waals surface area contributed by atoms with E-state index in [-0.39, 0.29) is 6.16 Å². The van der Waals surface area contributed by atoms with Crippen LogP contribution in [0.15, 0.2) is 25.3 Å². The number of rotatable bonds is 4. The van der Waals surface area contributed by atoms with Crippen molar-refractivity contribution < 1.29 is 18.8 Å². The van der Waals surface area contributed by atoms with Gasteiger partial charge in [0, 0.05) is 7.11 Å². The molecule has 0 aliphatic heterocycles. The largest absolute Gasteiger partial charge is 0.366 e. The highest BCUT2D eigenvalue weighted by Gasteiger charge is 2.12. The monoisotopic (exact) mass is 207 g/mol. The van der Waals surface area contributed by atoms with Gasteiger partial charge in [0.15, 0.2) is 0 Å². The molecule has 0 aromatic heterocycles. The van der Waals surface area contributed by atoms with Crippen molar-refractivity contribution in [1.29, 1.82) is 0 Å². The first-order valence-electron chi connectivity index (χ1n) is 3.30. The lowest BCUT2D eigenvalue weighted by Gasteiger charge is -2.02. The van der Waals surface area contributed by atoms with Gasteiger partial charge in [0.2, 0.25) is 5.91 Å². The molecule has 0 aliphatic carbocycles. The smallest absolute Gasteiger partial charge is 0.331 e. The summed E-state index contributed by atoms with van der Waals surface area (Å²) in [5, 5.41) is 0. The number of carbonyl (C=O) groups is 1. The molecule has 0 aliphatic rings. The normalized spacial score (nSPS) is 13.1. The highest BCUT2D eigenvalue weighted by molar-refractivity contribution is 7.52. The van der Waals surface area contributed by atoms with Gasteiger partial charge in [-0.3, -0.25) is 9.36 Å². The van der Waals surface area contributed by atoms with E-state index in [0.29, 0.717) is 0 Å². The van der Waals surface area contributed by atoms with Crippen molar-refractivity contribution in [2.75, 3.05) is 13.3 Å². The van der Waals surface area contributed by atoms with Gasteiger partial charge in [-0.2, -0.15) is 0 Å². The molecular weight excluding hydrogens is 193 g/mol. The van der Waals surface area contributed by atoms with Crippen molar-refractivity contribution >= 4 is 13.5 Å². The lowest BCUT2D eigenvalue weighted by Crippen LogP contribution is -2.04. The number of amides is 1. The summed E-state index contributed by atoms with van der Waals surface area (Å²) in [5.41, 5.74) is 4.53. The SMILES string of the molecule is C=CC(N)=O.C=CCP(=O)(O)OC. The summed E-state index contributed by atoms with van der Waals surface area (Å²) in [7, 11) is -2.09. The zero-order valence-corrected chi connectivity index (χ0v) is 8.37. The van der Waals surface area contributed by atoms with Crippen LogP contribution in [0.4, 0.5) is 0 Å². The van der Waals surface area contributed by atoms with Crippen LogP contribution in [0.25, 0.3) is 0 Å². The minimum absolute atomic E-state index is 0.0174. The van der Waals surface area contributed by atoms with E-state index in [4.69, 9.17) is 4.89 Å². The average molecular weight is 207 g/mol. The minimum atomic E-state index is -3.29. The third-order valence-corrected chi connectivity index (χ3v) is 2.14. The van der Waals surface area contributed by atoms with Gasteiger partial charge in [-0.05, 0) is 6.08 Å². The van der Waals surface area contributed by atoms with E-state index in [1.54, 1.807) is 0 Å². The quantitative estimate of drug-likeness (QED) is 0.402. The topological polar surface area (TPSA) is 89.6 Å². The van der Waals surface area contributed by atoms with E-state index in [2.05, 4.69) is 23.4 Å². The summed E-state index contributed by atoms with van der Waals surface area (Å²) in [5.74, 6) is -0.481. The number of allylic oxidation sites excluding steroid dienone is 1. The van der Waals surface area contributed by atoms with E-state index in [1.807, 2.05) is 0 Å². The number of primary amides is 1. The summed E-state index contributed by atoms with van der Waals surface area (Å²) in [6.07, 6.45) is 2.42. The van der Waals surface area contributed by atoms with Crippen LogP contribution < -0.4 is 5.73 Å². The predicted molar refractivity (Wildman–Crippen MR) is 51.3 cm³/mol. The Hall–Kier alpha value is -0.900. The van der Waals surface area contributed by atoms with Crippen LogP contribution in [0.2, 0.25) is 0 Å². The van der Waals surface area contributed by atoms with Crippen molar-refractivity contribution in [3.63, 3.8) is 0 Å². The van der Waals surface area contributed by atoms with Crippen LogP contribution in [0.1, 0.15) is 0 Å². The molecule has 1 unspecified atom stereocenters. The van der Waals surface area contributed by atoms with Crippen LogP contribution in [0.5, 0.6) is 0 Å². The summed E-state index contributed by atoms with van der Waals surface area (Å²) in [6.45, 7) is 6.37. The zero-order chi connectivity index (χ0) is 10.9. The standard InChI is InChI=1S/C4H9O3P.C3H5NO/c1-3-4-8(5,6)7-2;1-2-3(4)5/h3H,1,4H2,2H3,(H,5,6);2H,1H2,(H2,4,5). The van der Waals surface area contributed by atoms with E-state index >= 15 is 0 Å². The Morgan fingerprint density at radius 1 is 1.69 bits per heavy atom. The van der Waals surface area contributed by atoms with Gasteiger partial charge in [-0.25, -0.2) is 0 Å². The Bertz CT molecular complexity index is 227. The number of hydrogen-bond donors (Lipinski definition) is 2. The fraction of sp³-hybridized carbons (Fsp3) is 0.286. The van der Waals surface area contributed by atoms with E-state index < -0.39 is 13.5 Å². The maximum atomic E-state index is 10.4. The molecule has 0 rings (SSSR count). The summed E-state index contributed by atoms with van der Waals surface area (Å²) in [4.78, 5) is 18.1. The molecule has 6 heteroatoms. The second-order valence-electron chi connectivity index (χ2n) is 1.90. The van der Waals surface area contributed by atoms with Gasteiger partial charge in [0.05, 0.1) is 6.16 Å². The van der Waals surface area contributed by atoms with Crippen LogP contribution in [0.3, 0.4) is 0 Å². The molecule has 0 saturated heterocycles. The van der Waals surface area contributed by atoms with Crippen LogP contribution in [0, 0.1) is 0 Å². The van der Waals surface area contributed by atoms with Crippen LogP contribution in [-0.2, 0) is 13.9 Å². The second kappa shape index (κ2) is 7.73. The van der Waals surface area contributed by atoms with Crippen molar-refractivity contribution in [3.05, 3.63) is 25.3 Å². The van der Waals surface area contributed by atoms with Gasteiger partial charge in [0.1, 0.15) is 0 Å². The Kier molecular flexibility index (Phi) is 8.69. The average Bonchev–Trinajstić information content (AvgIpc) is 2.05. The summed E-state index contributed by atoms with van der Waals surface area (Å²) in [6, 6.07) is 0. The minimum Gasteiger partial charge on any atom is -0.366 e. The highest BCUT2D eigenvalue weighted by atomic mass is 31.2. The molecule has 0 heterocycles. The molecule has 0 radical (unpaired) electrons. The molecule has 13 heavy (non-hydrogen) atoms. The first-order valence-corrected chi connectivity index (χ1v) is 5.06. The molecule has 1 amide bonds. The molecule has 76 valence electrons. The molecule has 3 N–H and O–H groups in total. The third-order valence-electron chi connectivity index (χ3n) is 0.846. The molecule has 0 aromatic rings. The Morgan fingerprint density at radius 2 is 2.08 bits per heavy atom. The zero-order valence-electron chi connectivity index (χ0n) is 7.47. The first kappa shape index (κ1) is 14.6. The maximum absolute atomic E-state index is 10.4. The van der Waals surface area contributed by atoms with Gasteiger partial charge in [0.25, 0.3) is 0 Å². The van der Waals surface area contributed by atoms with Gasteiger partial charge in [-0.1, -0.05) is 12.7 Å². The molecule has 0 fully saturated rings. The van der Waals surface area contributed by atoms with Crippen molar-refractivity contribution in [3.8, 4) is 0 Å². The Balaban J connectivity index is 0. The third kappa shape index (κ3) is 14.0. The van der Waals surface area contributed by atoms with Gasteiger partial charge in [-0.15, -0.1) is 6.58 Å². The molecule has 0 bridgehead atoms. The fourth-order valence-corrected chi connectivity index (χ4v) is 0.713. The highest BCUT2D eigenvalue weighted by Crippen LogP contribution is 2.39. The molecule has 1 atom stereocenters. The Labute approximate surface area is 77.4 Å². The van der Waals surface area contributed by atoms with Crippen molar-refractivity contribution in [2.45, 2.75) is 0 Å². The second-order valence-corrected chi connectivity index (χ2v) is 3.90. The van der Waals surface area contributed by atoms with Gasteiger partial charge < -0.3 is 15.2 Å².